The SMILES string of the molecule is CCn1c(SC(C)C(=O)Nc2cc(C)ccc2OC)nnc1-c1cccs1. The molecule has 0 aliphatic heterocycles. The van der Waals surface area contributed by atoms with Crippen LogP contribution in [0.1, 0.15) is 19.4 Å². The first-order chi connectivity index (χ1) is 13.0. The van der Waals surface area contributed by atoms with Crippen LogP contribution in [0.5, 0.6) is 5.75 Å². The molecule has 3 rings (SSSR count). The Labute approximate surface area is 167 Å². The van der Waals surface area contributed by atoms with Gasteiger partial charge in [0.25, 0.3) is 0 Å². The van der Waals surface area contributed by atoms with Gasteiger partial charge in [0.1, 0.15) is 5.75 Å². The maximum atomic E-state index is 12.7. The molecule has 1 aromatic carbocycles. The summed E-state index contributed by atoms with van der Waals surface area (Å²) in [6.07, 6.45) is 0. The predicted octanol–water partition coefficient (Wildman–Crippen LogP) is 4.46. The molecule has 142 valence electrons. The molecule has 8 heteroatoms. The molecule has 3 aromatic rings. The summed E-state index contributed by atoms with van der Waals surface area (Å²) < 4.78 is 7.37. The van der Waals surface area contributed by atoms with E-state index in [1.165, 1.54) is 11.8 Å². The maximum absolute atomic E-state index is 12.7. The van der Waals surface area contributed by atoms with E-state index in [1.807, 2.05) is 61.1 Å². The number of thiophene rings is 1. The minimum absolute atomic E-state index is 0.104. The Morgan fingerprint density at radius 2 is 2.19 bits per heavy atom. The van der Waals surface area contributed by atoms with Gasteiger partial charge in [-0.05, 0) is 49.9 Å². The van der Waals surface area contributed by atoms with E-state index in [9.17, 15) is 4.79 Å². The van der Waals surface area contributed by atoms with Crippen LogP contribution < -0.4 is 10.1 Å². The van der Waals surface area contributed by atoms with E-state index in [1.54, 1.807) is 18.4 Å². The van der Waals surface area contributed by atoms with Crippen LogP contribution in [0.25, 0.3) is 10.7 Å². The standard InChI is InChI=1S/C19H22N4O2S2/c1-5-23-17(16-7-6-10-26-16)21-22-19(23)27-13(3)18(24)20-14-11-12(2)8-9-15(14)25-4/h6-11,13H,5H2,1-4H3,(H,20,24). The van der Waals surface area contributed by atoms with Gasteiger partial charge in [0.05, 0.1) is 22.9 Å². The molecule has 27 heavy (non-hydrogen) atoms. The summed E-state index contributed by atoms with van der Waals surface area (Å²) in [5.74, 6) is 1.37. The van der Waals surface area contributed by atoms with Crippen molar-refractivity contribution in [2.45, 2.75) is 37.7 Å². The number of methoxy groups -OCH3 is 1. The van der Waals surface area contributed by atoms with Crippen molar-refractivity contribution in [2.24, 2.45) is 0 Å². The van der Waals surface area contributed by atoms with Gasteiger partial charge in [-0.1, -0.05) is 23.9 Å². The number of anilines is 1. The molecule has 0 aliphatic carbocycles. The number of amides is 1. The summed E-state index contributed by atoms with van der Waals surface area (Å²) in [7, 11) is 1.59. The van der Waals surface area contributed by atoms with Gasteiger partial charge < -0.3 is 14.6 Å². The fraction of sp³-hybridized carbons (Fsp3) is 0.316. The van der Waals surface area contributed by atoms with Crippen LogP contribution in [0.15, 0.2) is 40.9 Å². The molecule has 2 aromatic heterocycles. The van der Waals surface area contributed by atoms with Gasteiger partial charge >= 0.3 is 0 Å². The van der Waals surface area contributed by atoms with E-state index in [-0.39, 0.29) is 11.2 Å². The number of hydrogen-bond donors (Lipinski definition) is 1. The predicted molar refractivity (Wildman–Crippen MR) is 111 cm³/mol. The van der Waals surface area contributed by atoms with Crippen LogP contribution in [-0.2, 0) is 11.3 Å². The molecule has 0 fully saturated rings. The molecular weight excluding hydrogens is 380 g/mol. The number of hydrogen-bond acceptors (Lipinski definition) is 6. The Morgan fingerprint density at radius 1 is 1.37 bits per heavy atom. The van der Waals surface area contributed by atoms with Crippen LogP contribution in [0.3, 0.4) is 0 Å². The van der Waals surface area contributed by atoms with Gasteiger partial charge in [-0.25, -0.2) is 0 Å². The van der Waals surface area contributed by atoms with E-state index < -0.39 is 0 Å². The first-order valence-corrected chi connectivity index (χ1v) is 10.4. The minimum Gasteiger partial charge on any atom is -0.495 e. The second kappa shape index (κ2) is 8.58. The lowest BCUT2D eigenvalue weighted by atomic mass is 10.2. The second-order valence-electron chi connectivity index (χ2n) is 5.98. The highest BCUT2D eigenvalue weighted by Gasteiger charge is 2.21. The normalized spacial score (nSPS) is 12.0. The Bertz CT molecular complexity index is 922. The van der Waals surface area contributed by atoms with E-state index >= 15 is 0 Å². The largest absolute Gasteiger partial charge is 0.495 e. The molecule has 1 unspecified atom stereocenters. The quantitative estimate of drug-likeness (QED) is 0.591. The summed E-state index contributed by atoms with van der Waals surface area (Å²) in [6, 6.07) is 9.71. The lowest BCUT2D eigenvalue weighted by Gasteiger charge is -2.15. The van der Waals surface area contributed by atoms with Crippen molar-refractivity contribution in [1.29, 1.82) is 0 Å². The first kappa shape index (κ1) is 19.4. The topological polar surface area (TPSA) is 69.0 Å². The van der Waals surface area contributed by atoms with Gasteiger partial charge in [-0.15, -0.1) is 21.5 Å². The average Bonchev–Trinajstić information content (AvgIpc) is 3.31. The molecule has 0 bridgehead atoms. The zero-order chi connectivity index (χ0) is 19.4. The Kier molecular flexibility index (Phi) is 6.18. The molecule has 1 N–H and O–H groups in total. The third-order valence-electron chi connectivity index (χ3n) is 4.04. The van der Waals surface area contributed by atoms with Crippen LogP contribution in [-0.4, -0.2) is 33.0 Å². The van der Waals surface area contributed by atoms with Gasteiger partial charge in [0, 0.05) is 6.54 Å². The number of rotatable bonds is 7. The van der Waals surface area contributed by atoms with E-state index in [0.717, 1.165) is 28.0 Å². The van der Waals surface area contributed by atoms with Gasteiger partial charge in [-0.2, -0.15) is 0 Å². The molecule has 0 spiro atoms. The number of thioether (sulfide) groups is 1. The molecule has 1 amide bonds. The van der Waals surface area contributed by atoms with E-state index in [2.05, 4.69) is 15.5 Å². The number of aryl methyl sites for hydroxylation is 1. The van der Waals surface area contributed by atoms with Gasteiger partial charge in [0.15, 0.2) is 11.0 Å². The summed E-state index contributed by atoms with van der Waals surface area (Å²) in [5.41, 5.74) is 1.73. The molecule has 6 nitrogen and oxygen atoms in total. The highest BCUT2D eigenvalue weighted by molar-refractivity contribution is 8.00. The Hall–Kier alpha value is -2.32. The zero-order valence-electron chi connectivity index (χ0n) is 15.7. The highest BCUT2D eigenvalue weighted by atomic mass is 32.2. The van der Waals surface area contributed by atoms with Crippen LogP contribution >= 0.6 is 23.1 Å². The van der Waals surface area contributed by atoms with Crippen molar-refractivity contribution >= 4 is 34.7 Å². The van der Waals surface area contributed by atoms with Crippen molar-refractivity contribution in [2.75, 3.05) is 12.4 Å². The maximum Gasteiger partial charge on any atom is 0.237 e. The smallest absolute Gasteiger partial charge is 0.237 e. The third kappa shape index (κ3) is 4.33. The van der Waals surface area contributed by atoms with Gasteiger partial charge in [0.2, 0.25) is 5.91 Å². The fourth-order valence-corrected chi connectivity index (χ4v) is 4.24. The average molecular weight is 403 g/mol. The summed E-state index contributed by atoms with van der Waals surface area (Å²) in [4.78, 5) is 13.8. The first-order valence-electron chi connectivity index (χ1n) is 8.62. The fourth-order valence-electron chi connectivity index (χ4n) is 2.61. The highest BCUT2D eigenvalue weighted by Crippen LogP contribution is 2.30. The monoisotopic (exact) mass is 402 g/mol. The summed E-state index contributed by atoms with van der Waals surface area (Å²) in [6.45, 7) is 6.63. The van der Waals surface area contributed by atoms with Crippen molar-refractivity contribution in [3.05, 3.63) is 41.3 Å². The molecule has 0 aliphatic rings. The number of ether oxygens (including phenoxy) is 1. The van der Waals surface area contributed by atoms with E-state index in [4.69, 9.17) is 4.74 Å². The Morgan fingerprint density at radius 3 is 2.85 bits per heavy atom. The number of aromatic nitrogens is 3. The van der Waals surface area contributed by atoms with Crippen molar-refractivity contribution in [3.63, 3.8) is 0 Å². The molecule has 0 radical (unpaired) electrons. The second-order valence-corrected chi connectivity index (χ2v) is 8.24. The number of nitrogens with zero attached hydrogens (tertiary/aromatic N) is 3. The molecular formula is C19H22N4O2S2. The molecule has 1 atom stereocenters. The molecule has 2 heterocycles. The summed E-state index contributed by atoms with van der Waals surface area (Å²) >= 11 is 3.02. The van der Waals surface area contributed by atoms with Crippen LogP contribution in [0, 0.1) is 6.92 Å². The van der Waals surface area contributed by atoms with Crippen molar-refractivity contribution in [1.82, 2.24) is 14.8 Å². The molecule has 0 saturated heterocycles. The lowest BCUT2D eigenvalue weighted by molar-refractivity contribution is -0.115. The number of carbonyl (C=O) groups excluding carboxylic acids is 1. The molecule has 0 saturated carbocycles. The Balaban J connectivity index is 1.75. The van der Waals surface area contributed by atoms with Crippen molar-refractivity contribution in [3.8, 4) is 16.5 Å². The van der Waals surface area contributed by atoms with Crippen molar-refractivity contribution < 1.29 is 9.53 Å². The lowest BCUT2D eigenvalue weighted by Crippen LogP contribution is -2.23. The van der Waals surface area contributed by atoms with Crippen LogP contribution in [0.4, 0.5) is 5.69 Å². The minimum atomic E-state index is -0.332. The summed E-state index contributed by atoms with van der Waals surface area (Å²) in [5, 5.41) is 14.0. The van der Waals surface area contributed by atoms with Gasteiger partial charge in [-0.3, -0.25) is 4.79 Å². The zero-order valence-corrected chi connectivity index (χ0v) is 17.4. The van der Waals surface area contributed by atoms with Crippen LogP contribution in [0.2, 0.25) is 0 Å². The third-order valence-corrected chi connectivity index (χ3v) is 5.99. The number of benzene rings is 1. The van der Waals surface area contributed by atoms with E-state index in [0.29, 0.717) is 11.4 Å². The number of nitrogens with one attached hydrogen (secondary N) is 1. The number of carbonyl (C=O) groups is 1.